The van der Waals surface area contributed by atoms with Gasteiger partial charge in [-0.15, -0.1) is 0 Å². The Morgan fingerprint density at radius 3 is 2.54 bits per heavy atom. The summed E-state index contributed by atoms with van der Waals surface area (Å²) in [6, 6.07) is 17.3. The first-order valence-corrected chi connectivity index (χ1v) is 13.7. The number of para-hydroxylation sites is 1. The molecule has 3 aromatic rings. The zero-order valence-electron chi connectivity index (χ0n) is 22.1. The molecular formula is C31H36N4O2. The fourth-order valence-electron chi connectivity index (χ4n) is 7.09. The summed E-state index contributed by atoms with van der Waals surface area (Å²) in [5, 5.41) is 10.2. The van der Waals surface area contributed by atoms with Gasteiger partial charge in [0.2, 0.25) is 0 Å². The van der Waals surface area contributed by atoms with Crippen molar-refractivity contribution in [3.05, 3.63) is 54.2 Å². The lowest BCUT2D eigenvalue weighted by Crippen LogP contribution is -2.58. The van der Waals surface area contributed by atoms with Gasteiger partial charge in [0.25, 0.3) is 0 Å². The maximum absolute atomic E-state index is 9.18. The number of pyridine rings is 1. The molecule has 192 valence electrons. The largest absolute Gasteiger partial charge is 0.494 e. The lowest BCUT2D eigenvalue weighted by Gasteiger charge is -2.49. The van der Waals surface area contributed by atoms with Crippen LogP contribution in [0.2, 0.25) is 0 Å². The number of hydrogen-bond donors (Lipinski definition) is 0. The molecule has 37 heavy (non-hydrogen) atoms. The standard InChI is InChI=1S/C31H36N4O2/c1-20-17-34(18-21(2)37-20)28-14-25-7-4-6-24(28)19-35(25)29-16-33-30-26(8-5-9-27(30)31(29)36-3)23-12-10-22(15-32)11-13-23/h5,8-13,16,20-21,24-25,28H,4,6-7,14,17-19H2,1-3H3/t20-,21+,24?,25?,28?. The fraction of sp³-hybridized carbons (Fsp3) is 0.484. The molecule has 6 heteroatoms. The molecule has 3 aliphatic heterocycles. The van der Waals surface area contributed by atoms with Crippen molar-refractivity contribution in [1.82, 2.24) is 9.88 Å². The number of nitriles is 1. The summed E-state index contributed by atoms with van der Waals surface area (Å²) in [4.78, 5) is 10.3. The van der Waals surface area contributed by atoms with Crippen LogP contribution in [0.3, 0.4) is 0 Å². The van der Waals surface area contributed by atoms with E-state index in [1.54, 1.807) is 7.11 Å². The highest BCUT2D eigenvalue weighted by Gasteiger charge is 2.43. The summed E-state index contributed by atoms with van der Waals surface area (Å²) in [6.45, 7) is 7.55. The van der Waals surface area contributed by atoms with Crippen LogP contribution in [-0.2, 0) is 4.74 Å². The Labute approximate surface area is 219 Å². The van der Waals surface area contributed by atoms with Crippen LogP contribution >= 0.6 is 0 Å². The average molecular weight is 497 g/mol. The van der Waals surface area contributed by atoms with E-state index in [-0.39, 0.29) is 0 Å². The topological polar surface area (TPSA) is 61.6 Å². The smallest absolute Gasteiger partial charge is 0.153 e. The molecular weight excluding hydrogens is 460 g/mol. The molecule has 0 spiro atoms. The Morgan fingerprint density at radius 1 is 1.03 bits per heavy atom. The zero-order chi connectivity index (χ0) is 25.5. The normalized spacial score (nSPS) is 28.2. The van der Waals surface area contributed by atoms with E-state index in [0.29, 0.717) is 35.8 Å². The number of fused-ring (bicyclic) bond motifs is 5. The van der Waals surface area contributed by atoms with E-state index in [2.05, 4.69) is 47.9 Å². The van der Waals surface area contributed by atoms with E-state index in [4.69, 9.17) is 14.5 Å². The van der Waals surface area contributed by atoms with Crippen LogP contribution in [0.4, 0.5) is 5.69 Å². The quantitative estimate of drug-likeness (QED) is 0.466. The highest BCUT2D eigenvalue weighted by Crippen LogP contribution is 2.45. The molecule has 6 nitrogen and oxygen atoms in total. The van der Waals surface area contributed by atoms with Gasteiger partial charge in [0.1, 0.15) is 0 Å². The van der Waals surface area contributed by atoms with Crippen molar-refractivity contribution in [2.75, 3.05) is 31.6 Å². The van der Waals surface area contributed by atoms with E-state index in [9.17, 15) is 5.26 Å². The first-order valence-electron chi connectivity index (χ1n) is 13.7. The minimum atomic E-state index is 0.303. The van der Waals surface area contributed by atoms with Gasteiger partial charge in [-0.05, 0) is 62.8 Å². The molecule has 7 rings (SSSR count). The predicted octanol–water partition coefficient (Wildman–Crippen LogP) is 5.64. The van der Waals surface area contributed by atoms with Gasteiger partial charge in [-0.3, -0.25) is 9.88 Å². The second kappa shape index (κ2) is 9.96. The second-order valence-electron chi connectivity index (χ2n) is 11.1. The molecule has 2 aromatic carbocycles. The SMILES string of the molecule is COc1c(N2CC3CCCC2CC3N2C[C@@H](C)O[C@@H](C)C2)cnc2c(-c3ccc(C#N)cc3)cccc12. The fourth-order valence-corrected chi connectivity index (χ4v) is 7.09. The van der Waals surface area contributed by atoms with Gasteiger partial charge in [-0.2, -0.15) is 5.26 Å². The van der Waals surface area contributed by atoms with Gasteiger partial charge in [0, 0.05) is 42.7 Å². The highest BCUT2D eigenvalue weighted by atomic mass is 16.5. The van der Waals surface area contributed by atoms with Crippen molar-refractivity contribution in [3.63, 3.8) is 0 Å². The van der Waals surface area contributed by atoms with Crippen LogP contribution < -0.4 is 9.64 Å². The number of hydrogen-bond acceptors (Lipinski definition) is 6. The number of benzene rings is 2. The zero-order valence-corrected chi connectivity index (χ0v) is 22.1. The first kappa shape index (κ1) is 24.2. The van der Waals surface area contributed by atoms with Crippen molar-refractivity contribution in [2.45, 2.75) is 63.8 Å². The van der Waals surface area contributed by atoms with Crippen LogP contribution in [0.15, 0.2) is 48.7 Å². The Balaban J connectivity index is 1.34. The summed E-state index contributed by atoms with van der Waals surface area (Å²) < 4.78 is 12.1. The van der Waals surface area contributed by atoms with Gasteiger partial charge < -0.3 is 14.4 Å². The molecule has 0 radical (unpaired) electrons. The number of piperidine rings is 1. The second-order valence-corrected chi connectivity index (χ2v) is 11.1. The average Bonchev–Trinajstić information content (AvgIpc) is 3.25. The molecule has 4 aliphatic rings. The Kier molecular flexibility index (Phi) is 6.52. The Hall–Kier alpha value is -3.14. The number of nitrogens with zero attached hydrogens (tertiary/aromatic N) is 4. The number of anilines is 1. The molecule has 3 saturated heterocycles. The molecule has 1 aliphatic carbocycles. The van der Waals surface area contributed by atoms with Gasteiger partial charge in [0.05, 0.1) is 48.4 Å². The molecule has 0 N–H and O–H groups in total. The number of rotatable bonds is 4. The van der Waals surface area contributed by atoms with Crippen LogP contribution in [0, 0.1) is 17.2 Å². The van der Waals surface area contributed by atoms with Gasteiger partial charge in [-0.1, -0.05) is 30.7 Å². The van der Waals surface area contributed by atoms with Gasteiger partial charge >= 0.3 is 0 Å². The minimum absolute atomic E-state index is 0.303. The van der Waals surface area contributed by atoms with Crippen molar-refractivity contribution in [2.24, 2.45) is 5.92 Å². The summed E-state index contributed by atoms with van der Waals surface area (Å²) >= 11 is 0. The Bertz CT molecular complexity index is 1310. The van der Waals surface area contributed by atoms with E-state index in [1.165, 1.54) is 25.7 Å². The number of morpholine rings is 1. The molecule has 5 atom stereocenters. The maximum atomic E-state index is 9.18. The van der Waals surface area contributed by atoms with Crippen molar-refractivity contribution in [3.8, 4) is 22.9 Å². The van der Waals surface area contributed by atoms with Crippen molar-refractivity contribution < 1.29 is 9.47 Å². The van der Waals surface area contributed by atoms with E-state index < -0.39 is 0 Å². The third-order valence-electron chi connectivity index (χ3n) is 8.63. The summed E-state index contributed by atoms with van der Waals surface area (Å²) in [5.74, 6) is 1.56. The minimum Gasteiger partial charge on any atom is -0.494 e. The van der Waals surface area contributed by atoms with Crippen LogP contribution in [0.1, 0.15) is 45.1 Å². The first-order chi connectivity index (χ1) is 18.1. The molecule has 4 heterocycles. The lowest BCUT2D eigenvalue weighted by molar-refractivity contribution is -0.0900. The van der Waals surface area contributed by atoms with Crippen molar-refractivity contribution in [1.29, 1.82) is 5.26 Å². The lowest BCUT2D eigenvalue weighted by atomic mass is 9.86. The summed E-state index contributed by atoms with van der Waals surface area (Å²) in [7, 11) is 1.78. The number of aromatic nitrogens is 1. The Morgan fingerprint density at radius 2 is 1.81 bits per heavy atom. The number of ether oxygens (including phenoxy) is 2. The predicted molar refractivity (Wildman–Crippen MR) is 147 cm³/mol. The highest BCUT2D eigenvalue weighted by molar-refractivity contribution is 5.99. The maximum Gasteiger partial charge on any atom is 0.153 e. The third kappa shape index (κ3) is 4.45. The van der Waals surface area contributed by atoms with E-state index in [1.807, 2.05) is 30.5 Å². The molecule has 1 saturated carbocycles. The monoisotopic (exact) mass is 496 g/mol. The molecule has 2 bridgehead atoms. The van der Waals surface area contributed by atoms with E-state index >= 15 is 0 Å². The third-order valence-corrected chi connectivity index (χ3v) is 8.63. The summed E-state index contributed by atoms with van der Waals surface area (Å²) in [5.41, 5.74) is 4.82. The molecule has 0 amide bonds. The van der Waals surface area contributed by atoms with Crippen LogP contribution in [-0.4, -0.2) is 60.9 Å². The summed E-state index contributed by atoms with van der Waals surface area (Å²) in [6.07, 6.45) is 7.61. The van der Waals surface area contributed by atoms with Crippen LogP contribution in [0.25, 0.3) is 22.0 Å². The van der Waals surface area contributed by atoms with E-state index in [0.717, 1.165) is 53.1 Å². The van der Waals surface area contributed by atoms with Gasteiger partial charge in [0.15, 0.2) is 5.75 Å². The molecule has 3 unspecified atom stereocenters. The number of methoxy groups -OCH3 is 1. The molecule has 1 aromatic heterocycles. The van der Waals surface area contributed by atoms with Crippen molar-refractivity contribution >= 4 is 16.6 Å². The van der Waals surface area contributed by atoms with Gasteiger partial charge in [-0.25, -0.2) is 0 Å². The molecule has 4 fully saturated rings. The van der Waals surface area contributed by atoms with Crippen LogP contribution in [0.5, 0.6) is 5.75 Å².